The molecular formula is C18H21Cl2N5O3. The van der Waals surface area contributed by atoms with E-state index in [1.807, 2.05) is 6.92 Å². The summed E-state index contributed by atoms with van der Waals surface area (Å²) in [4.78, 5) is 30.3. The molecule has 2 aromatic heterocycles. The first-order chi connectivity index (χ1) is 13.3. The molecule has 8 nitrogen and oxygen atoms in total. The average molecular weight is 426 g/mol. The van der Waals surface area contributed by atoms with Crippen LogP contribution in [0.15, 0.2) is 27.8 Å². The highest BCUT2D eigenvalue weighted by Crippen LogP contribution is 2.21. The summed E-state index contributed by atoms with van der Waals surface area (Å²) in [6, 6.07) is 4.70. The Kier molecular flexibility index (Phi) is 5.83. The zero-order chi connectivity index (χ0) is 20.6. The predicted octanol–water partition coefficient (Wildman–Crippen LogP) is 1.97. The molecule has 0 fully saturated rings. The van der Waals surface area contributed by atoms with Crippen molar-refractivity contribution < 1.29 is 5.11 Å². The van der Waals surface area contributed by atoms with Gasteiger partial charge in [-0.1, -0.05) is 36.2 Å². The zero-order valence-electron chi connectivity index (χ0n) is 15.7. The van der Waals surface area contributed by atoms with Crippen LogP contribution in [-0.4, -0.2) is 36.4 Å². The normalized spacial score (nSPS) is 12.5. The number of imidazole rings is 1. The maximum Gasteiger partial charge on any atom is 0.332 e. The van der Waals surface area contributed by atoms with Gasteiger partial charge in [-0.15, -0.1) is 0 Å². The van der Waals surface area contributed by atoms with E-state index in [4.69, 9.17) is 23.2 Å². The van der Waals surface area contributed by atoms with Crippen LogP contribution in [0.2, 0.25) is 10.0 Å². The van der Waals surface area contributed by atoms with Crippen LogP contribution in [0.5, 0.6) is 0 Å². The molecule has 3 rings (SSSR count). The molecule has 150 valence electrons. The molecule has 1 aromatic carbocycles. The molecule has 0 amide bonds. The van der Waals surface area contributed by atoms with Crippen molar-refractivity contribution in [3.63, 3.8) is 0 Å². The van der Waals surface area contributed by atoms with Crippen molar-refractivity contribution in [3.8, 4) is 0 Å². The zero-order valence-corrected chi connectivity index (χ0v) is 17.3. The van der Waals surface area contributed by atoms with Gasteiger partial charge in [0.15, 0.2) is 11.2 Å². The van der Waals surface area contributed by atoms with Gasteiger partial charge in [-0.3, -0.25) is 13.9 Å². The van der Waals surface area contributed by atoms with E-state index in [1.54, 1.807) is 36.9 Å². The number of aliphatic hydroxyl groups is 1. The third kappa shape index (κ3) is 3.55. The molecule has 0 bridgehead atoms. The number of hydrogen-bond acceptors (Lipinski definition) is 5. The number of rotatable bonds is 6. The molecule has 2 N–H and O–H groups in total. The average Bonchev–Trinajstić information content (AvgIpc) is 2.99. The van der Waals surface area contributed by atoms with Crippen molar-refractivity contribution in [3.05, 3.63) is 54.6 Å². The smallest absolute Gasteiger partial charge is 0.332 e. The van der Waals surface area contributed by atoms with Crippen LogP contribution in [-0.2, 0) is 20.6 Å². The van der Waals surface area contributed by atoms with Crippen LogP contribution >= 0.6 is 23.2 Å². The summed E-state index contributed by atoms with van der Waals surface area (Å²) in [5.74, 6) is 0.408. The van der Waals surface area contributed by atoms with Crippen LogP contribution in [0.3, 0.4) is 0 Å². The summed E-state index contributed by atoms with van der Waals surface area (Å²) in [5, 5.41) is 13.4. The van der Waals surface area contributed by atoms with Crippen molar-refractivity contribution in [1.82, 2.24) is 18.7 Å². The lowest BCUT2D eigenvalue weighted by atomic mass is 10.2. The molecule has 0 saturated carbocycles. The lowest BCUT2D eigenvalue weighted by molar-refractivity contribution is 0.271. The molecule has 1 atom stereocenters. The first-order valence-electron chi connectivity index (χ1n) is 8.76. The van der Waals surface area contributed by atoms with Crippen LogP contribution in [0.1, 0.15) is 18.9 Å². The minimum Gasteiger partial charge on any atom is -0.394 e. The molecular weight excluding hydrogens is 405 g/mol. The fourth-order valence-electron chi connectivity index (χ4n) is 2.99. The fraction of sp³-hybridized carbons (Fsp3) is 0.389. The number of anilines is 1. The fourth-order valence-corrected chi connectivity index (χ4v) is 3.46. The summed E-state index contributed by atoms with van der Waals surface area (Å²) in [7, 11) is 3.25. The summed E-state index contributed by atoms with van der Waals surface area (Å²) in [6.07, 6.45) is 0.679. The topological polar surface area (TPSA) is 94.1 Å². The van der Waals surface area contributed by atoms with Gasteiger partial charge in [0.1, 0.15) is 0 Å². The van der Waals surface area contributed by atoms with Crippen molar-refractivity contribution in [2.75, 3.05) is 11.9 Å². The van der Waals surface area contributed by atoms with E-state index in [0.29, 0.717) is 28.0 Å². The quantitative estimate of drug-likeness (QED) is 0.629. The van der Waals surface area contributed by atoms with Crippen molar-refractivity contribution in [1.29, 1.82) is 0 Å². The van der Waals surface area contributed by atoms with E-state index in [1.165, 1.54) is 4.57 Å². The largest absolute Gasteiger partial charge is 0.394 e. The number of aliphatic hydroxyl groups excluding tert-OH is 1. The monoisotopic (exact) mass is 425 g/mol. The third-order valence-corrected chi connectivity index (χ3v) is 5.34. The predicted molar refractivity (Wildman–Crippen MR) is 111 cm³/mol. The molecule has 0 radical (unpaired) electrons. The number of hydrogen-bond donors (Lipinski definition) is 2. The molecule has 0 aliphatic carbocycles. The number of benzene rings is 1. The standard InChI is InChI=1S/C18H21Cl2N5O3/c1-4-12(9-26)21-17-22-15-14(23(17)2)16(27)25(18(28)24(15)3)8-10-5-6-11(19)7-13(10)20/h5-7,12,26H,4,8-9H2,1-3H3,(H,21,22). The Morgan fingerprint density at radius 2 is 1.93 bits per heavy atom. The second kappa shape index (κ2) is 7.98. The first kappa shape index (κ1) is 20.4. The molecule has 0 aliphatic heterocycles. The van der Waals surface area contributed by atoms with E-state index in [-0.39, 0.29) is 30.4 Å². The molecule has 3 aromatic rings. The number of aryl methyl sites for hydroxylation is 2. The second-order valence-electron chi connectivity index (χ2n) is 6.57. The Hall–Kier alpha value is -2.29. The second-order valence-corrected chi connectivity index (χ2v) is 7.41. The highest BCUT2D eigenvalue weighted by atomic mass is 35.5. The van der Waals surface area contributed by atoms with E-state index < -0.39 is 11.2 Å². The molecule has 2 heterocycles. The summed E-state index contributed by atoms with van der Waals surface area (Å²) in [6.45, 7) is 1.87. The van der Waals surface area contributed by atoms with E-state index in [2.05, 4.69) is 10.3 Å². The lowest BCUT2D eigenvalue weighted by Crippen LogP contribution is -2.39. The van der Waals surface area contributed by atoms with E-state index >= 15 is 0 Å². The Morgan fingerprint density at radius 1 is 1.21 bits per heavy atom. The Balaban J connectivity index is 2.16. The van der Waals surface area contributed by atoms with Gasteiger partial charge in [-0.25, -0.2) is 4.79 Å². The molecule has 10 heteroatoms. The van der Waals surface area contributed by atoms with Crippen LogP contribution in [0, 0.1) is 0 Å². The maximum atomic E-state index is 13.1. The summed E-state index contributed by atoms with van der Waals surface area (Å²) in [5.41, 5.74) is 0.191. The van der Waals surface area contributed by atoms with Gasteiger partial charge in [-0.05, 0) is 24.1 Å². The van der Waals surface area contributed by atoms with E-state index in [9.17, 15) is 14.7 Å². The molecule has 0 aliphatic rings. The SMILES string of the molecule is CCC(CO)Nc1nc2c(c(=O)n(Cc3ccc(Cl)cc3Cl)c(=O)n2C)n1C. The Bertz CT molecular complexity index is 1140. The number of halogens is 2. The number of aromatic nitrogens is 4. The van der Waals surface area contributed by atoms with Gasteiger partial charge in [0.05, 0.1) is 19.2 Å². The lowest BCUT2D eigenvalue weighted by Gasteiger charge is -2.14. The highest BCUT2D eigenvalue weighted by Gasteiger charge is 2.20. The van der Waals surface area contributed by atoms with Gasteiger partial charge in [0, 0.05) is 24.1 Å². The maximum absolute atomic E-state index is 13.1. The first-order valence-corrected chi connectivity index (χ1v) is 9.51. The highest BCUT2D eigenvalue weighted by molar-refractivity contribution is 6.35. The van der Waals surface area contributed by atoms with Crippen molar-refractivity contribution in [2.24, 2.45) is 14.1 Å². The van der Waals surface area contributed by atoms with Gasteiger partial charge >= 0.3 is 5.69 Å². The number of nitrogens with one attached hydrogen (secondary N) is 1. The van der Waals surface area contributed by atoms with Gasteiger partial charge < -0.3 is 15.0 Å². The summed E-state index contributed by atoms with van der Waals surface area (Å²) < 4.78 is 4.04. The van der Waals surface area contributed by atoms with Crippen LogP contribution in [0.25, 0.3) is 11.2 Å². The minimum atomic E-state index is -0.498. The number of fused-ring (bicyclic) bond motifs is 1. The van der Waals surface area contributed by atoms with Crippen molar-refractivity contribution >= 4 is 40.3 Å². The third-order valence-electron chi connectivity index (χ3n) is 4.75. The van der Waals surface area contributed by atoms with Crippen LogP contribution in [0.4, 0.5) is 5.95 Å². The van der Waals surface area contributed by atoms with Crippen molar-refractivity contribution in [2.45, 2.75) is 25.9 Å². The van der Waals surface area contributed by atoms with Gasteiger partial charge in [0.25, 0.3) is 5.56 Å². The molecule has 28 heavy (non-hydrogen) atoms. The Morgan fingerprint density at radius 3 is 2.54 bits per heavy atom. The Labute approximate surface area is 170 Å². The molecule has 1 unspecified atom stereocenters. The molecule has 0 saturated heterocycles. The molecule has 0 spiro atoms. The van der Waals surface area contributed by atoms with E-state index in [0.717, 1.165) is 4.57 Å². The minimum absolute atomic E-state index is 0.0135. The van der Waals surface area contributed by atoms with Gasteiger partial charge in [-0.2, -0.15) is 4.98 Å². The summed E-state index contributed by atoms with van der Waals surface area (Å²) >= 11 is 12.1. The van der Waals surface area contributed by atoms with Crippen LogP contribution < -0.4 is 16.6 Å². The van der Waals surface area contributed by atoms with Gasteiger partial charge in [0.2, 0.25) is 5.95 Å². The number of nitrogens with zero attached hydrogens (tertiary/aromatic N) is 4.